The van der Waals surface area contributed by atoms with E-state index in [2.05, 4.69) is 25.8 Å². The summed E-state index contributed by atoms with van der Waals surface area (Å²) in [7, 11) is 0. The van der Waals surface area contributed by atoms with Gasteiger partial charge in [0.15, 0.2) is 5.78 Å². The van der Waals surface area contributed by atoms with E-state index in [1.54, 1.807) is 0 Å². The number of Topliss-reactive ketones (excluding diaryl/α,β-unsaturated/α-hetero) is 1. The molecule has 0 aliphatic carbocycles. The minimum Gasteiger partial charge on any atom is -0.398 e. The molecule has 0 unspecified atom stereocenters. The van der Waals surface area contributed by atoms with Crippen LogP contribution in [0.4, 0.5) is 10.1 Å². The molecule has 106 valence electrons. The largest absolute Gasteiger partial charge is 0.398 e. The zero-order valence-corrected chi connectivity index (χ0v) is 12.6. The van der Waals surface area contributed by atoms with Gasteiger partial charge in [-0.2, -0.15) is 0 Å². The van der Waals surface area contributed by atoms with Crippen LogP contribution in [0.15, 0.2) is 23.6 Å². The average molecular weight is 292 g/mol. The van der Waals surface area contributed by atoms with Crippen molar-refractivity contribution in [3.63, 3.8) is 0 Å². The molecule has 0 fully saturated rings. The summed E-state index contributed by atoms with van der Waals surface area (Å²) < 4.78 is 13.2. The van der Waals surface area contributed by atoms with E-state index in [-0.39, 0.29) is 23.2 Å². The highest BCUT2D eigenvalue weighted by Gasteiger charge is 2.19. The molecule has 3 nitrogen and oxygen atoms in total. The molecule has 0 aliphatic rings. The summed E-state index contributed by atoms with van der Waals surface area (Å²) in [5.74, 6) is -0.672. The van der Waals surface area contributed by atoms with Crippen LogP contribution in [-0.4, -0.2) is 10.8 Å². The van der Waals surface area contributed by atoms with Crippen LogP contribution in [0, 0.1) is 5.82 Å². The van der Waals surface area contributed by atoms with Gasteiger partial charge >= 0.3 is 0 Å². The third-order valence-corrected chi connectivity index (χ3v) is 3.80. The zero-order valence-electron chi connectivity index (χ0n) is 11.7. The van der Waals surface area contributed by atoms with E-state index in [0.717, 1.165) is 10.7 Å². The number of rotatable bonds is 3. The summed E-state index contributed by atoms with van der Waals surface area (Å²) in [6.07, 6.45) is 0.147. The molecular formula is C15H17FN2OS. The van der Waals surface area contributed by atoms with Gasteiger partial charge in [-0.1, -0.05) is 20.8 Å². The second kappa shape index (κ2) is 5.32. The lowest BCUT2D eigenvalue weighted by Crippen LogP contribution is -2.12. The minimum absolute atomic E-state index is 0.0460. The number of carbonyl (C=O) groups is 1. The molecule has 1 heterocycles. The Kier molecular flexibility index (Phi) is 3.90. The number of nitrogens with zero attached hydrogens (tertiary/aromatic N) is 1. The summed E-state index contributed by atoms with van der Waals surface area (Å²) in [5, 5.41) is 2.68. The van der Waals surface area contributed by atoms with Gasteiger partial charge in [0.2, 0.25) is 0 Å². The predicted molar refractivity (Wildman–Crippen MR) is 79.7 cm³/mol. The second-order valence-corrected chi connectivity index (χ2v) is 6.65. The van der Waals surface area contributed by atoms with Crippen molar-refractivity contribution in [1.29, 1.82) is 0 Å². The Morgan fingerprint density at radius 1 is 1.40 bits per heavy atom. The van der Waals surface area contributed by atoms with E-state index in [1.807, 2.05) is 5.38 Å². The normalized spacial score (nSPS) is 11.6. The lowest BCUT2D eigenvalue weighted by Gasteiger charge is -2.14. The van der Waals surface area contributed by atoms with Crippen molar-refractivity contribution in [3.05, 3.63) is 45.7 Å². The first kappa shape index (κ1) is 14.7. The smallest absolute Gasteiger partial charge is 0.171 e. The van der Waals surface area contributed by atoms with E-state index < -0.39 is 5.82 Å². The lowest BCUT2D eigenvalue weighted by molar-refractivity contribution is 0.0993. The molecule has 20 heavy (non-hydrogen) atoms. The number of aromatic nitrogens is 1. The molecule has 1 aromatic carbocycles. The fourth-order valence-corrected chi connectivity index (χ4v) is 2.76. The summed E-state index contributed by atoms with van der Waals surface area (Å²) in [6.45, 7) is 6.20. The topological polar surface area (TPSA) is 56.0 Å². The van der Waals surface area contributed by atoms with E-state index >= 15 is 0 Å². The molecule has 0 saturated heterocycles. The van der Waals surface area contributed by atoms with E-state index in [9.17, 15) is 9.18 Å². The average Bonchev–Trinajstić information content (AvgIpc) is 2.80. The Balaban J connectivity index is 2.20. The molecule has 5 heteroatoms. The van der Waals surface area contributed by atoms with Crippen LogP contribution in [-0.2, 0) is 11.8 Å². The third-order valence-electron chi connectivity index (χ3n) is 2.95. The number of anilines is 1. The Bertz CT molecular complexity index is 644. The van der Waals surface area contributed by atoms with Crippen LogP contribution >= 0.6 is 11.3 Å². The number of nitrogen functional groups attached to an aromatic ring is 1. The maximum atomic E-state index is 13.2. The standard InChI is InChI=1S/C15H17FN2OS/c1-15(2,3)13-8-20-14(18-13)7-12(19)10-6-9(16)4-5-11(10)17/h4-6,8H,7,17H2,1-3H3. The van der Waals surface area contributed by atoms with Crippen molar-refractivity contribution >= 4 is 22.8 Å². The summed E-state index contributed by atoms with van der Waals surface area (Å²) in [4.78, 5) is 16.6. The molecule has 0 radical (unpaired) electrons. The van der Waals surface area contributed by atoms with E-state index in [0.29, 0.717) is 5.69 Å². The Morgan fingerprint density at radius 2 is 2.10 bits per heavy atom. The molecule has 2 aromatic rings. The molecule has 0 amide bonds. The summed E-state index contributed by atoms with van der Waals surface area (Å²) in [6, 6.07) is 3.83. The van der Waals surface area contributed by atoms with Gasteiger partial charge in [-0.3, -0.25) is 4.79 Å². The maximum absolute atomic E-state index is 13.2. The number of nitrogens with two attached hydrogens (primary N) is 1. The van der Waals surface area contributed by atoms with Crippen molar-refractivity contribution in [3.8, 4) is 0 Å². The quantitative estimate of drug-likeness (QED) is 0.695. The van der Waals surface area contributed by atoms with Gasteiger partial charge in [-0.05, 0) is 18.2 Å². The number of ketones is 1. The number of thiazole rings is 1. The van der Waals surface area contributed by atoms with E-state index in [1.165, 1.54) is 29.5 Å². The van der Waals surface area contributed by atoms with Gasteiger partial charge in [-0.25, -0.2) is 9.37 Å². The van der Waals surface area contributed by atoms with Gasteiger partial charge in [0.05, 0.1) is 12.1 Å². The van der Waals surface area contributed by atoms with Crippen LogP contribution in [0.1, 0.15) is 41.8 Å². The van der Waals surface area contributed by atoms with Crippen LogP contribution in [0.3, 0.4) is 0 Å². The van der Waals surface area contributed by atoms with Crippen LogP contribution in [0.25, 0.3) is 0 Å². The number of carbonyl (C=O) groups excluding carboxylic acids is 1. The van der Waals surface area contributed by atoms with Gasteiger partial charge < -0.3 is 5.73 Å². The van der Waals surface area contributed by atoms with Crippen molar-refractivity contribution in [2.75, 3.05) is 5.73 Å². The van der Waals surface area contributed by atoms with Gasteiger partial charge in [0.1, 0.15) is 10.8 Å². The summed E-state index contributed by atoms with van der Waals surface area (Å²) >= 11 is 1.44. The van der Waals surface area contributed by atoms with Crippen LogP contribution in [0.2, 0.25) is 0 Å². The molecule has 0 atom stereocenters. The Hall–Kier alpha value is -1.75. The van der Waals surface area contributed by atoms with Crippen molar-refractivity contribution in [1.82, 2.24) is 4.98 Å². The van der Waals surface area contributed by atoms with Crippen molar-refractivity contribution in [2.24, 2.45) is 0 Å². The lowest BCUT2D eigenvalue weighted by atomic mass is 9.93. The van der Waals surface area contributed by atoms with Gasteiger partial charge in [-0.15, -0.1) is 11.3 Å². The highest BCUT2D eigenvalue weighted by molar-refractivity contribution is 7.09. The zero-order chi connectivity index (χ0) is 14.9. The van der Waals surface area contributed by atoms with Crippen molar-refractivity contribution in [2.45, 2.75) is 32.6 Å². The highest BCUT2D eigenvalue weighted by atomic mass is 32.1. The van der Waals surface area contributed by atoms with Crippen molar-refractivity contribution < 1.29 is 9.18 Å². The Morgan fingerprint density at radius 3 is 2.70 bits per heavy atom. The molecule has 0 spiro atoms. The fourth-order valence-electron chi connectivity index (χ4n) is 1.74. The van der Waals surface area contributed by atoms with Crippen LogP contribution < -0.4 is 5.73 Å². The number of halogens is 1. The number of hydrogen-bond donors (Lipinski definition) is 1. The molecule has 2 N–H and O–H groups in total. The monoisotopic (exact) mass is 292 g/mol. The number of hydrogen-bond acceptors (Lipinski definition) is 4. The molecular weight excluding hydrogens is 275 g/mol. The number of benzene rings is 1. The first-order valence-electron chi connectivity index (χ1n) is 6.30. The predicted octanol–water partition coefficient (Wildman–Crippen LogP) is 3.59. The van der Waals surface area contributed by atoms with Gasteiger partial charge in [0, 0.05) is 22.0 Å². The Labute approximate surface area is 121 Å². The SMILES string of the molecule is CC(C)(C)c1csc(CC(=O)c2cc(F)ccc2N)n1. The highest BCUT2D eigenvalue weighted by Crippen LogP contribution is 2.25. The molecule has 0 bridgehead atoms. The maximum Gasteiger partial charge on any atom is 0.171 e. The second-order valence-electron chi connectivity index (χ2n) is 5.71. The van der Waals surface area contributed by atoms with Gasteiger partial charge in [0.25, 0.3) is 0 Å². The molecule has 2 rings (SSSR count). The minimum atomic E-state index is -0.461. The molecule has 0 saturated carbocycles. The third kappa shape index (κ3) is 3.22. The van der Waals surface area contributed by atoms with Crippen LogP contribution in [0.5, 0.6) is 0 Å². The van der Waals surface area contributed by atoms with E-state index in [4.69, 9.17) is 5.73 Å². The first-order valence-corrected chi connectivity index (χ1v) is 7.18. The summed E-state index contributed by atoms with van der Waals surface area (Å²) in [5.41, 5.74) is 7.14. The molecule has 1 aromatic heterocycles. The first-order chi connectivity index (χ1) is 9.27. The fraction of sp³-hybridized carbons (Fsp3) is 0.333. The molecule has 0 aliphatic heterocycles.